The average Bonchev–Trinajstić information content (AvgIpc) is 2.52. The van der Waals surface area contributed by atoms with E-state index in [1.165, 1.54) is 4.90 Å². The molecule has 1 aliphatic rings. The molecule has 0 aromatic heterocycles. The molecule has 1 aliphatic heterocycles. The Hall–Kier alpha value is -1.10. The third-order valence-electron chi connectivity index (χ3n) is 2.90. The fourth-order valence-electron chi connectivity index (χ4n) is 2.35. The summed E-state index contributed by atoms with van der Waals surface area (Å²) >= 11 is 0. The maximum absolute atomic E-state index is 11.5. The zero-order chi connectivity index (χ0) is 14.6. The van der Waals surface area contributed by atoms with Gasteiger partial charge in [0.25, 0.3) is 0 Å². The number of amides is 3. The molecular formula is C14H27N3O2. The summed E-state index contributed by atoms with van der Waals surface area (Å²) in [6, 6.07) is -0.259. The number of urea groups is 1. The van der Waals surface area contributed by atoms with Gasteiger partial charge in [-0.05, 0) is 11.3 Å². The van der Waals surface area contributed by atoms with E-state index in [0.717, 1.165) is 19.6 Å². The standard InChI is InChI=1S/C14H27N3O2/c1-11(2)9-16(10-14(3,4)5)6-7-17-12(18)8-15-13(17)19/h11H,6-10H2,1-5H3,(H,15,19). The summed E-state index contributed by atoms with van der Waals surface area (Å²) in [7, 11) is 0. The maximum atomic E-state index is 11.5. The number of nitrogens with zero attached hydrogens (tertiary/aromatic N) is 2. The molecule has 19 heavy (non-hydrogen) atoms. The minimum absolute atomic E-state index is 0.120. The number of imide groups is 1. The molecule has 1 rings (SSSR count). The van der Waals surface area contributed by atoms with Crippen LogP contribution in [0.1, 0.15) is 34.6 Å². The van der Waals surface area contributed by atoms with Crippen LogP contribution >= 0.6 is 0 Å². The first-order valence-electron chi connectivity index (χ1n) is 6.99. The topological polar surface area (TPSA) is 52.6 Å². The van der Waals surface area contributed by atoms with Crippen LogP contribution in [0.3, 0.4) is 0 Å². The van der Waals surface area contributed by atoms with Gasteiger partial charge in [0.1, 0.15) is 0 Å². The van der Waals surface area contributed by atoms with E-state index in [4.69, 9.17) is 0 Å². The zero-order valence-corrected chi connectivity index (χ0v) is 12.8. The summed E-state index contributed by atoms with van der Waals surface area (Å²) in [4.78, 5) is 26.7. The van der Waals surface area contributed by atoms with Crippen LogP contribution in [-0.4, -0.2) is 54.5 Å². The first-order chi connectivity index (χ1) is 8.69. The van der Waals surface area contributed by atoms with E-state index in [9.17, 15) is 9.59 Å². The van der Waals surface area contributed by atoms with E-state index in [0.29, 0.717) is 12.5 Å². The molecule has 0 spiro atoms. The Morgan fingerprint density at radius 1 is 1.32 bits per heavy atom. The molecule has 0 aliphatic carbocycles. The molecule has 0 aromatic carbocycles. The lowest BCUT2D eigenvalue weighted by Gasteiger charge is -2.32. The van der Waals surface area contributed by atoms with Gasteiger partial charge in [0, 0.05) is 26.2 Å². The summed E-state index contributed by atoms with van der Waals surface area (Å²) < 4.78 is 0. The van der Waals surface area contributed by atoms with Crippen LogP contribution in [0.15, 0.2) is 0 Å². The van der Waals surface area contributed by atoms with E-state index in [1.807, 2.05) is 0 Å². The van der Waals surface area contributed by atoms with Gasteiger partial charge in [-0.15, -0.1) is 0 Å². The highest BCUT2D eigenvalue weighted by Gasteiger charge is 2.28. The number of hydrogen-bond acceptors (Lipinski definition) is 3. The van der Waals surface area contributed by atoms with Crippen molar-refractivity contribution in [3.63, 3.8) is 0 Å². The molecule has 0 bridgehead atoms. The van der Waals surface area contributed by atoms with Gasteiger partial charge in [0.05, 0.1) is 6.54 Å². The molecule has 0 unspecified atom stereocenters. The minimum Gasteiger partial charge on any atom is -0.329 e. The van der Waals surface area contributed by atoms with E-state index < -0.39 is 0 Å². The highest BCUT2D eigenvalue weighted by molar-refractivity contribution is 6.01. The molecule has 3 amide bonds. The first kappa shape index (κ1) is 16.0. The van der Waals surface area contributed by atoms with Gasteiger partial charge >= 0.3 is 6.03 Å². The third-order valence-corrected chi connectivity index (χ3v) is 2.90. The van der Waals surface area contributed by atoms with Gasteiger partial charge in [-0.25, -0.2) is 4.79 Å². The molecule has 5 heteroatoms. The van der Waals surface area contributed by atoms with Crippen LogP contribution in [0.5, 0.6) is 0 Å². The van der Waals surface area contributed by atoms with Crippen molar-refractivity contribution in [1.82, 2.24) is 15.1 Å². The van der Waals surface area contributed by atoms with Crippen molar-refractivity contribution < 1.29 is 9.59 Å². The lowest BCUT2D eigenvalue weighted by Crippen LogP contribution is -2.42. The van der Waals surface area contributed by atoms with E-state index in [-0.39, 0.29) is 23.9 Å². The third kappa shape index (κ3) is 5.59. The second-order valence-electron chi connectivity index (χ2n) is 6.89. The second kappa shape index (κ2) is 6.37. The lowest BCUT2D eigenvalue weighted by atomic mass is 9.95. The number of hydrogen-bond donors (Lipinski definition) is 1. The van der Waals surface area contributed by atoms with Gasteiger partial charge < -0.3 is 10.2 Å². The summed E-state index contributed by atoms with van der Waals surface area (Å²) in [5.74, 6) is 0.454. The zero-order valence-electron chi connectivity index (χ0n) is 12.8. The van der Waals surface area contributed by atoms with Crippen LogP contribution in [0.4, 0.5) is 4.79 Å². The first-order valence-corrected chi connectivity index (χ1v) is 6.99. The maximum Gasteiger partial charge on any atom is 0.324 e. The minimum atomic E-state index is -0.259. The van der Waals surface area contributed by atoms with Crippen LogP contribution in [0.2, 0.25) is 0 Å². The average molecular weight is 269 g/mol. The normalized spacial score (nSPS) is 16.7. The van der Waals surface area contributed by atoms with Gasteiger partial charge in [0.15, 0.2) is 0 Å². The van der Waals surface area contributed by atoms with Gasteiger partial charge in [-0.3, -0.25) is 9.69 Å². The van der Waals surface area contributed by atoms with Crippen LogP contribution in [0, 0.1) is 11.3 Å². The van der Waals surface area contributed by atoms with Crippen molar-refractivity contribution in [3.8, 4) is 0 Å². The SMILES string of the molecule is CC(C)CN(CCN1C(=O)CNC1=O)CC(C)(C)C. The highest BCUT2D eigenvalue weighted by Crippen LogP contribution is 2.16. The van der Waals surface area contributed by atoms with Gasteiger partial charge in [0.2, 0.25) is 5.91 Å². The van der Waals surface area contributed by atoms with Crippen molar-refractivity contribution in [3.05, 3.63) is 0 Å². The Kier molecular flexibility index (Phi) is 5.35. The summed E-state index contributed by atoms with van der Waals surface area (Å²) in [6.07, 6.45) is 0. The van der Waals surface area contributed by atoms with Crippen molar-refractivity contribution in [2.75, 3.05) is 32.7 Å². The van der Waals surface area contributed by atoms with Crippen molar-refractivity contribution in [2.24, 2.45) is 11.3 Å². The summed E-state index contributed by atoms with van der Waals surface area (Å²) in [5.41, 5.74) is 0.214. The van der Waals surface area contributed by atoms with Crippen molar-refractivity contribution in [2.45, 2.75) is 34.6 Å². The van der Waals surface area contributed by atoms with E-state index in [2.05, 4.69) is 44.8 Å². The molecule has 110 valence electrons. The van der Waals surface area contributed by atoms with Crippen LogP contribution in [0.25, 0.3) is 0 Å². The Labute approximate surface area is 116 Å². The largest absolute Gasteiger partial charge is 0.329 e. The molecule has 1 fully saturated rings. The Balaban J connectivity index is 2.52. The Bertz CT molecular complexity index is 318. The number of carbonyl (C=O) groups is 2. The Morgan fingerprint density at radius 2 is 1.95 bits per heavy atom. The molecular weight excluding hydrogens is 242 g/mol. The molecule has 1 N–H and O–H groups in total. The van der Waals surface area contributed by atoms with Crippen LogP contribution in [-0.2, 0) is 4.79 Å². The van der Waals surface area contributed by atoms with E-state index >= 15 is 0 Å². The molecule has 1 saturated heterocycles. The molecule has 0 saturated carbocycles. The highest BCUT2D eigenvalue weighted by atomic mass is 16.2. The molecule has 1 heterocycles. The fraction of sp³-hybridized carbons (Fsp3) is 0.857. The second-order valence-corrected chi connectivity index (χ2v) is 6.89. The van der Waals surface area contributed by atoms with Gasteiger partial charge in [-0.2, -0.15) is 0 Å². The summed E-state index contributed by atoms with van der Waals surface area (Å²) in [5, 5.41) is 2.55. The lowest BCUT2D eigenvalue weighted by molar-refractivity contribution is -0.125. The number of carbonyl (C=O) groups excluding carboxylic acids is 2. The monoisotopic (exact) mass is 269 g/mol. The van der Waals surface area contributed by atoms with E-state index in [1.54, 1.807) is 0 Å². The molecule has 5 nitrogen and oxygen atoms in total. The fourth-order valence-corrected chi connectivity index (χ4v) is 2.35. The Morgan fingerprint density at radius 3 is 2.37 bits per heavy atom. The predicted molar refractivity (Wildman–Crippen MR) is 75.8 cm³/mol. The van der Waals surface area contributed by atoms with Crippen molar-refractivity contribution >= 4 is 11.9 Å². The molecule has 0 radical (unpaired) electrons. The summed E-state index contributed by atoms with van der Waals surface area (Å²) in [6.45, 7) is 14.3. The van der Waals surface area contributed by atoms with Gasteiger partial charge in [-0.1, -0.05) is 34.6 Å². The quantitative estimate of drug-likeness (QED) is 0.744. The molecule has 0 aromatic rings. The van der Waals surface area contributed by atoms with Crippen LogP contribution < -0.4 is 5.32 Å². The smallest absolute Gasteiger partial charge is 0.324 e. The predicted octanol–water partition coefficient (Wildman–Crippen LogP) is 1.54. The van der Waals surface area contributed by atoms with Crippen molar-refractivity contribution in [1.29, 1.82) is 0 Å². The number of nitrogens with one attached hydrogen (secondary N) is 1. The number of rotatable bonds is 6. The molecule has 0 atom stereocenters.